The molecule has 0 aliphatic heterocycles. The molecule has 278 valence electrons. The van der Waals surface area contributed by atoms with E-state index in [1.165, 1.54) is 16.6 Å². The van der Waals surface area contributed by atoms with E-state index in [-0.39, 0.29) is 21.1 Å². The van der Waals surface area contributed by atoms with Crippen LogP contribution in [0.25, 0.3) is 66.6 Å². The Kier molecular flexibility index (Phi) is 9.61. The molecule has 7 aromatic carbocycles. The first-order valence-electron chi connectivity index (χ1n) is 19.1. The zero-order chi connectivity index (χ0) is 37.6. The number of rotatable bonds is 8. The topological polar surface area (TPSA) is 30.9 Å². The number of para-hydroxylation sites is 4. The predicted molar refractivity (Wildman–Crippen MR) is 231 cm³/mol. The summed E-state index contributed by atoms with van der Waals surface area (Å²) >= 11 is 0. The second kappa shape index (κ2) is 15.2. The summed E-state index contributed by atoms with van der Waals surface area (Å²) in [6, 6.07) is 69.8. The summed E-state index contributed by atoms with van der Waals surface area (Å²) in [5, 5.41) is 2.27. The van der Waals surface area contributed by atoms with Gasteiger partial charge in [-0.15, -0.1) is 29.7 Å². The van der Waals surface area contributed by atoms with Gasteiger partial charge < -0.3 is 9.47 Å². The molecule has 0 saturated heterocycles. The fourth-order valence-corrected chi connectivity index (χ4v) is 8.00. The van der Waals surface area contributed by atoms with Crippen molar-refractivity contribution in [3.63, 3.8) is 0 Å². The van der Waals surface area contributed by atoms with E-state index in [0.29, 0.717) is 6.04 Å². The average Bonchev–Trinajstić information content (AvgIpc) is 3.81. The zero-order valence-electron chi connectivity index (χ0n) is 31.5. The number of imidazole rings is 1. The molecule has 0 N–H and O–H groups in total. The van der Waals surface area contributed by atoms with E-state index in [2.05, 4.69) is 227 Å². The van der Waals surface area contributed by atoms with E-state index in [0.717, 1.165) is 67.0 Å². The molecule has 6 heteroatoms. The summed E-state index contributed by atoms with van der Waals surface area (Å²) in [7, 11) is 0. The molecular formula is C51H38N5Pt-. The Morgan fingerprint density at radius 3 is 1.98 bits per heavy atom. The summed E-state index contributed by atoms with van der Waals surface area (Å²) < 4.78 is 6.80. The molecule has 0 aliphatic rings. The van der Waals surface area contributed by atoms with Crippen molar-refractivity contribution >= 4 is 49.9 Å². The number of pyridine rings is 1. The van der Waals surface area contributed by atoms with Gasteiger partial charge in [0, 0.05) is 56.3 Å². The molecule has 3 aromatic heterocycles. The molecule has 0 amide bonds. The van der Waals surface area contributed by atoms with Crippen molar-refractivity contribution in [2.45, 2.75) is 19.9 Å². The number of nitrogens with zero attached hydrogens (tertiary/aromatic N) is 5. The SMILES string of the molecule is CC(C)n1[cH+]n(-c2[c-]c(N(c3[c-]c4c(cc3)c3ccccc3n4-c3cc(-c4ccccc4-c4ccccc4)ccn3)c3ccccc3)ccc2)c2ccccc21.[Pt]. The minimum absolute atomic E-state index is 0. The second-order valence-corrected chi connectivity index (χ2v) is 14.3. The summed E-state index contributed by atoms with van der Waals surface area (Å²) in [6.45, 7) is 4.43. The average molecular weight is 916 g/mol. The normalized spacial score (nSPS) is 11.4. The third kappa shape index (κ3) is 6.44. The molecule has 10 rings (SSSR count). The molecule has 57 heavy (non-hydrogen) atoms. The van der Waals surface area contributed by atoms with Crippen LogP contribution >= 0.6 is 0 Å². The Morgan fingerprint density at radius 1 is 0.561 bits per heavy atom. The van der Waals surface area contributed by atoms with Crippen molar-refractivity contribution in [3.05, 3.63) is 201 Å². The minimum atomic E-state index is 0. The third-order valence-corrected chi connectivity index (χ3v) is 10.6. The smallest absolute Gasteiger partial charge is 0.188 e. The van der Waals surface area contributed by atoms with Crippen LogP contribution in [0.3, 0.4) is 0 Å². The summed E-state index contributed by atoms with van der Waals surface area (Å²) in [5.41, 5.74) is 12.8. The van der Waals surface area contributed by atoms with Crippen molar-refractivity contribution in [1.29, 1.82) is 0 Å². The number of hydrogen-bond acceptors (Lipinski definition) is 2. The van der Waals surface area contributed by atoms with Crippen LogP contribution in [0.4, 0.5) is 17.1 Å². The van der Waals surface area contributed by atoms with E-state index in [1.54, 1.807) is 0 Å². The second-order valence-electron chi connectivity index (χ2n) is 14.3. The summed E-state index contributed by atoms with van der Waals surface area (Å²) in [6.07, 6.45) is 4.11. The van der Waals surface area contributed by atoms with E-state index < -0.39 is 0 Å². The van der Waals surface area contributed by atoms with Gasteiger partial charge in [-0.2, -0.15) is 12.1 Å². The number of fused-ring (bicyclic) bond motifs is 4. The van der Waals surface area contributed by atoms with Gasteiger partial charge in [-0.3, -0.25) is 0 Å². The van der Waals surface area contributed by atoms with Crippen LogP contribution in [0.2, 0.25) is 0 Å². The molecular weight excluding hydrogens is 878 g/mol. The predicted octanol–water partition coefficient (Wildman–Crippen LogP) is 13.2. The summed E-state index contributed by atoms with van der Waals surface area (Å²) in [4.78, 5) is 7.25. The standard InChI is InChI=1S/C51H38N5.Pt/c1-36(2)53-35-54(49-27-14-13-26-48(49)53)40-20-15-21-41(33-40)55(39-18-7-4-8-19-39)42-28-29-46-45-24-11-12-25-47(45)56(50(46)34-42)51-32-38(30-31-52-51)44-23-10-9-22-43(44)37-16-5-3-6-17-37;/h3-32,35-36H,1-2H3;/q-1;. The number of benzene rings is 7. The minimum Gasteiger partial charge on any atom is -0.358 e. The van der Waals surface area contributed by atoms with Crippen LogP contribution in [-0.2, 0) is 21.1 Å². The molecule has 0 saturated carbocycles. The molecule has 0 spiro atoms. The maximum absolute atomic E-state index is 5.00. The third-order valence-electron chi connectivity index (χ3n) is 10.6. The maximum Gasteiger partial charge on any atom is 0.188 e. The monoisotopic (exact) mass is 915 g/mol. The van der Waals surface area contributed by atoms with Gasteiger partial charge >= 0.3 is 0 Å². The molecule has 3 heterocycles. The Balaban J connectivity index is 0.00000422. The van der Waals surface area contributed by atoms with Crippen LogP contribution in [-0.4, -0.2) is 18.7 Å². The van der Waals surface area contributed by atoms with Gasteiger partial charge in [0.2, 0.25) is 0 Å². The van der Waals surface area contributed by atoms with E-state index in [1.807, 2.05) is 6.20 Å². The van der Waals surface area contributed by atoms with Gasteiger partial charge in [-0.25, -0.2) is 14.1 Å². The first-order chi connectivity index (χ1) is 27.6. The molecule has 0 atom stereocenters. The molecule has 5 nitrogen and oxygen atoms in total. The molecule has 0 bridgehead atoms. The van der Waals surface area contributed by atoms with Crippen LogP contribution in [0.15, 0.2) is 188 Å². The fraction of sp³-hybridized carbons (Fsp3) is 0.0588. The molecule has 0 fully saturated rings. The first-order valence-corrected chi connectivity index (χ1v) is 19.1. The van der Waals surface area contributed by atoms with Gasteiger partial charge in [-0.05, 0) is 84.0 Å². The molecule has 10 aromatic rings. The molecule has 0 unspecified atom stereocenters. The van der Waals surface area contributed by atoms with Gasteiger partial charge in [0.05, 0.1) is 6.04 Å². The van der Waals surface area contributed by atoms with Crippen molar-refractivity contribution in [1.82, 2.24) is 18.7 Å². The zero-order valence-corrected chi connectivity index (χ0v) is 33.8. The van der Waals surface area contributed by atoms with Crippen LogP contribution < -0.4 is 4.90 Å². The number of aromatic nitrogens is 4. The van der Waals surface area contributed by atoms with E-state index in [4.69, 9.17) is 4.98 Å². The largest absolute Gasteiger partial charge is 0.358 e. The van der Waals surface area contributed by atoms with Crippen molar-refractivity contribution < 1.29 is 21.1 Å². The molecule has 0 radical (unpaired) electrons. The van der Waals surface area contributed by atoms with Gasteiger partial charge in [-0.1, -0.05) is 114 Å². The number of anilines is 3. The van der Waals surface area contributed by atoms with Crippen molar-refractivity contribution in [2.24, 2.45) is 0 Å². The first kappa shape index (κ1) is 36.1. The van der Waals surface area contributed by atoms with Gasteiger partial charge in [0.15, 0.2) is 17.4 Å². The Morgan fingerprint density at radius 2 is 1.21 bits per heavy atom. The fourth-order valence-electron chi connectivity index (χ4n) is 8.00. The van der Waals surface area contributed by atoms with Crippen molar-refractivity contribution in [3.8, 4) is 33.8 Å². The number of hydrogen-bond donors (Lipinski definition) is 0. The van der Waals surface area contributed by atoms with Crippen LogP contribution in [0, 0.1) is 12.1 Å². The van der Waals surface area contributed by atoms with Crippen LogP contribution in [0.1, 0.15) is 19.9 Å². The van der Waals surface area contributed by atoms with Gasteiger partial charge in [0.1, 0.15) is 5.82 Å². The summed E-state index contributed by atoms with van der Waals surface area (Å²) in [5.74, 6) is 0.836. The van der Waals surface area contributed by atoms with E-state index >= 15 is 0 Å². The quantitative estimate of drug-likeness (QED) is 0.142. The van der Waals surface area contributed by atoms with Gasteiger partial charge in [0.25, 0.3) is 0 Å². The van der Waals surface area contributed by atoms with Crippen molar-refractivity contribution in [2.75, 3.05) is 4.90 Å². The Labute approximate surface area is 347 Å². The molecule has 0 aliphatic carbocycles. The van der Waals surface area contributed by atoms with Crippen LogP contribution in [0.5, 0.6) is 0 Å². The Bertz CT molecular complexity index is 3020. The maximum atomic E-state index is 5.00. The Hall–Kier alpha value is -6.55. The van der Waals surface area contributed by atoms with E-state index in [9.17, 15) is 0 Å².